The number of rotatable bonds is 7. The number of hydrogen-bond acceptors (Lipinski definition) is 6. The molecule has 39 heavy (non-hydrogen) atoms. The summed E-state index contributed by atoms with van der Waals surface area (Å²) in [5.41, 5.74) is 6.00. The number of aromatic nitrogens is 2. The smallest absolute Gasteiger partial charge is 0.407 e. The molecule has 1 amide bonds. The summed E-state index contributed by atoms with van der Waals surface area (Å²) >= 11 is 0. The molecule has 9 nitrogen and oxygen atoms in total. The molecule has 2 heterocycles. The van der Waals surface area contributed by atoms with Crippen LogP contribution in [0.1, 0.15) is 22.6 Å². The van der Waals surface area contributed by atoms with Gasteiger partial charge in [0.05, 0.1) is 0 Å². The van der Waals surface area contributed by atoms with Gasteiger partial charge in [0.25, 0.3) is 0 Å². The van der Waals surface area contributed by atoms with Crippen LogP contribution in [0.15, 0.2) is 91.1 Å². The zero-order valence-electron chi connectivity index (χ0n) is 20.7. The number of alkyl carbamates (subject to hydrolysis) is 1. The third kappa shape index (κ3) is 4.54. The van der Waals surface area contributed by atoms with Gasteiger partial charge < -0.3 is 30.1 Å². The highest BCUT2D eigenvalue weighted by atomic mass is 16.7. The van der Waals surface area contributed by atoms with Crippen LogP contribution < -0.4 is 10.2 Å². The summed E-state index contributed by atoms with van der Waals surface area (Å²) in [7, 11) is 0. The van der Waals surface area contributed by atoms with Crippen molar-refractivity contribution in [2.75, 3.05) is 6.61 Å². The fraction of sp³-hybridized carbons (Fsp3) is 0.133. The van der Waals surface area contributed by atoms with Crippen molar-refractivity contribution in [2.45, 2.75) is 18.4 Å². The molecular weight excluding hydrogens is 498 g/mol. The molecule has 0 aliphatic heterocycles. The number of para-hydroxylation sites is 1. The van der Waals surface area contributed by atoms with Gasteiger partial charge in [-0.05, 0) is 33.9 Å². The van der Waals surface area contributed by atoms with Crippen molar-refractivity contribution in [3.05, 3.63) is 108 Å². The molecule has 0 saturated heterocycles. The number of carbonyl (C=O) groups is 2. The molecule has 4 N–H and O–H groups in total. The number of aromatic hydroxyl groups is 2. The standard InChI is InChI=1S/C30H25N3O6/c34-27-13-14-28(35)33(27)39-29(36)26(15-18-16-31-25-12-6-5-7-19(18)25)32-30(37)38-17-24-22-10-3-1-8-20(22)21-9-2-4-11-23(21)24/h1-14,16,24,26,31,34-35H,15,17H2,(H,32,37)/t26-/m1/s1. The fourth-order valence-corrected chi connectivity index (χ4v) is 5.14. The number of aromatic amines is 1. The van der Waals surface area contributed by atoms with Gasteiger partial charge in [0.2, 0.25) is 11.8 Å². The fourth-order valence-electron chi connectivity index (χ4n) is 5.14. The van der Waals surface area contributed by atoms with Crippen LogP contribution in [0.2, 0.25) is 0 Å². The lowest BCUT2D eigenvalue weighted by Gasteiger charge is -2.19. The van der Waals surface area contributed by atoms with Crippen LogP contribution in [0, 0.1) is 0 Å². The van der Waals surface area contributed by atoms with E-state index >= 15 is 0 Å². The molecule has 1 aliphatic rings. The largest absolute Gasteiger partial charge is 0.492 e. The lowest BCUT2D eigenvalue weighted by Crippen LogP contribution is -2.46. The molecule has 6 rings (SSSR count). The molecule has 0 saturated carbocycles. The Morgan fingerprint density at radius 1 is 0.872 bits per heavy atom. The van der Waals surface area contributed by atoms with Gasteiger partial charge in [0.15, 0.2) is 0 Å². The Hall–Kier alpha value is -5.18. The van der Waals surface area contributed by atoms with Crippen molar-refractivity contribution in [3.63, 3.8) is 0 Å². The van der Waals surface area contributed by atoms with E-state index in [1.807, 2.05) is 72.8 Å². The van der Waals surface area contributed by atoms with Gasteiger partial charge in [-0.15, -0.1) is 4.73 Å². The second-order valence-corrected chi connectivity index (χ2v) is 9.34. The minimum absolute atomic E-state index is 0.0773. The molecule has 0 radical (unpaired) electrons. The molecule has 0 bridgehead atoms. The van der Waals surface area contributed by atoms with Crippen molar-refractivity contribution in [1.29, 1.82) is 0 Å². The number of carbonyl (C=O) groups excluding carboxylic acids is 2. The number of benzene rings is 3. The molecule has 3 aromatic carbocycles. The van der Waals surface area contributed by atoms with Crippen molar-refractivity contribution in [1.82, 2.24) is 15.0 Å². The zero-order valence-corrected chi connectivity index (χ0v) is 20.7. The Morgan fingerprint density at radius 2 is 1.49 bits per heavy atom. The van der Waals surface area contributed by atoms with Gasteiger partial charge >= 0.3 is 12.1 Å². The third-order valence-corrected chi connectivity index (χ3v) is 7.00. The van der Waals surface area contributed by atoms with Crippen LogP contribution in [0.5, 0.6) is 11.8 Å². The van der Waals surface area contributed by atoms with E-state index in [2.05, 4.69) is 10.3 Å². The summed E-state index contributed by atoms with van der Waals surface area (Å²) in [5, 5.41) is 23.3. The van der Waals surface area contributed by atoms with Crippen LogP contribution in [-0.2, 0) is 16.0 Å². The average molecular weight is 524 g/mol. The summed E-state index contributed by atoms with van der Waals surface area (Å²) in [5.74, 6) is -1.97. The van der Waals surface area contributed by atoms with Gasteiger partial charge in [0, 0.05) is 41.6 Å². The van der Waals surface area contributed by atoms with Gasteiger partial charge in [0.1, 0.15) is 12.6 Å². The Morgan fingerprint density at radius 3 is 2.18 bits per heavy atom. The maximum atomic E-state index is 13.2. The summed E-state index contributed by atoms with van der Waals surface area (Å²) in [6.07, 6.45) is 1.05. The number of amides is 1. The molecule has 5 aromatic rings. The van der Waals surface area contributed by atoms with Gasteiger partial charge in [-0.1, -0.05) is 66.7 Å². The molecular formula is C30H25N3O6. The number of ether oxygens (including phenoxy) is 1. The van der Waals surface area contributed by atoms with Crippen LogP contribution in [0.4, 0.5) is 4.79 Å². The highest BCUT2D eigenvalue weighted by Crippen LogP contribution is 2.44. The van der Waals surface area contributed by atoms with Crippen LogP contribution in [0.25, 0.3) is 22.0 Å². The summed E-state index contributed by atoms with van der Waals surface area (Å²) in [6, 6.07) is 24.8. The highest BCUT2D eigenvalue weighted by Gasteiger charge is 2.31. The van der Waals surface area contributed by atoms with E-state index in [1.165, 1.54) is 12.1 Å². The maximum absolute atomic E-state index is 13.2. The minimum atomic E-state index is -1.18. The number of nitrogens with one attached hydrogen (secondary N) is 2. The summed E-state index contributed by atoms with van der Waals surface area (Å²) in [6.45, 7) is 0.0773. The van der Waals surface area contributed by atoms with Crippen molar-refractivity contribution in [2.24, 2.45) is 0 Å². The zero-order chi connectivity index (χ0) is 26.9. The molecule has 1 aliphatic carbocycles. The minimum Gasteiger partial charge on any atom is -0.492 e. The van der Waals surface area contributed by atoms with E-state index in [0.29, 0.717) is 4.73 Å². The van der Waals surface area contributed by atoms with E-state index < -0.39 is 29.9 Å². The van der Waals surface area contributed by atoms with Crippen molar-refractivity contribution >= 4 is 23.0 Å². The van der Waals surface area contributed by atoms with E-state index in [0.717, 1.165) is 38.7 Å². The van der Waals surface area contributed by atoms with Crippen LogP contribution in [0.3, 0.4) is 0 Å². The summed E-state index contributed by atoms with van der Waals surface area (Å²) in [4.78, 5) is 34.5. The predicted molar refractivity (Wildman–Crippen MR) is 143 cm³/mol. The molecule has 1 atom stereocenters. The molecule has 0 fully saturated rings. The Kier molecular flexibility index (Phi) is 6.16. The van der Waals surface area contributed by atoms with E-state index in [1.54, 1.807) is 6.20 Å². The van der Waals surface area contributed by atoms with Gasteiger partial charge in [-0.25, -0.2) is 9.59 Å². The topological polar surface area (TPSA) is 126 Å². The molecule has 0 spiro atoms. The molecule has 2 aromatic heterocycles. The Labute approximate surface area is 223 Å². The first-order valence-electron chi connectivity index (χ1n) is 12.5. The lowest BCUT2D eigenvalue weighted by molar-refractivity contribution is -0.147. The van der Waals surface area contributed by atoms with E-state index in [-0.39, 0.29) is 18.9 Å². The van der Waals surface area contributed by atoms with E-state index in [9.17, 15) is 19.8 Å². The van der Waals surface area contributed by atoms with Gasteiger partial charge in [-0.3, -0.25) is 0 Å². The second kappa shape index (κ2) is 9.94. The second-order valence-electron chi connectivity index (χ2n) is 9.34. The maximum Gasteiger partial charge on any atom is 0.407 e. The lowest BCUT2D eigenvalue weighted by atomic mass is 9.98. The first-order valence-corrected chi connectivity index (χ1v) is 12.5. The SMILES string of the molecule is O=C(N[C@H](Cc1c[nH]c2ccccc12)C(=O)On1c(O)ccc1O)OCC1c2ccccc2-c2ccccc21. The van der Waals surface area contributed by atoms with Gasteiger partial charge in [-0.2, -0.15) is 0 Å². The molecule has 196 valence electrons. The first-order chi connectivity index (χ1) is 19.0. The van der Waals surface area contributed by atoms with Crippen molar-refractivity contribution < 1.29 is 29.4 Å². The van der Waals surface area contributed by atoms with E-state index in [4.69, 9.17) is 9.57 Å². The predicted octanol–water partition coefficient (Wildman–Crippen LogP) is 4.49. The van der Waals surface area contributed by atoms with Crippen molar-refractivity contribution in [3.8, 4) is 22.9 Å². The number of fused-ring (bicyclic) bond motifs is 4. The highest BCUT2D eigenvalue weighted by molar-refractivity contribution is 5.86. The van der Waals surface area contributed by atoms with Crippen LogP contribution >= 0.6 is 0 Å². The average Bonchev–Trinajstić information content (AvgIpc) is 3.61. The first kappa shape index (κ1) is 24.2. The summed E-state index contributed by atoms with van der Waals surface area (Å²) < 4.78 is 6.23. The van der Waals surface area contributed by atoms with Crippen LogP contribution in [-0.4, -0.2) is 44.6 Å². The Balaban J connectivity index is 1.21. The third-order valence-electron chi connectivity index (χ3n) is 7.00. The Bertz CT molecular complexity index is 1620. The number of nitrogens with zero attached hydrogens (tertiary/aromatic N) is 1. The normalized spacial score (nSPS) is 13.0. The monoisotopic (exact) mass is 523 g/mol. The molecule has 0 unspecified atom stereocenters. The molecule has 9 heteroatoms. The number of H-pyrrole nitrogens is 1. The quantitative estimate of drug-likeness (QED) is 0.249. The number of hydrogen-bond donors (Lipinski definition) is 4.